The molecule has 9 nitrogen and oxygen atoms in total. The summed E-state index contributed by atoms with van der Waals surface area (Å²) >= 11 is 18.5. The van der Waals surface area contributed by atoms with Crippen LogP contribution < -0.4 is 123 Å². The number of phenolic OH excluding ortho intramolecular Hbond substituents is 1. The minimum absolute atomic E-state index is 0. The minimum Gasteiger partial charge on any atom is -1.00 e. The summed E-state index contributed by atoms with van der Waals surface area (Å²) in [5.41, 5.74) is 16.4. The summed E-state index contributed by atoms with van der Waals surface area (Å²) in [6.45, 7) is 9.88. The Morgan fingerprint density at radius 2 is 0.966 bits per heavy atom. The van der Waals surface area contributed by atoms with Gasteiger partial charge in [0.2, 0.25) is 5.91 Å². The van der Waals surface area contributed by atoms with Crippen LogP contribution in [0.25, 0.3) is 22.3 Å². The van der Waals surface area contributed by atoms with Crippen molar-refractivity contribution in [3.05, 3.63) is 278 Å². The van der Waals surface area contributed by atoms with Gasteiger partial charge in [-0.25, -0.2) is 4.39 Å². The van der Waals surface area contributed by atoms with Crippen molar-refractivity contribution in [3.63, 3.8) is 0 Å². The van der Waals surface area contributed by atoms with Gasteiger partial charge in [-0.2, -0.15) is 0 Å². The smallest absolute Gasteiger partial charge is 1.00 e. The molecule has 0 aromatic heterocycles. The van der Waals surface area contributed by atoms with E-state index in [-0.39, 0.29) is 127 Å². The fourth-order valence-corrected chi connectivity index (χ4v) is 11.9. The maximum absolute atomic E-state index is 12.4. The summed E-state index contributed by atoms with van der Waals surface area (Å²) in [6, 6.07) is 77.8. The van der Waals surface area contributed by atoms with Crippen LogP contribution in [0, 0.1) is 5.82 Å². The molecule has 0 saturated carbocycles. The number of amides is 1. The summed E-state index contributed by atoms with van der Waals surface area (Å²) in [5.74, 6) is 1.60. The molecule has 1 amide bonds. The first-order chi connectivity index (χ1) is 41.4. The van der Waals surface area contributed by atoms with Crippen molar-refractivity contribution in [3.8, 4) is 39.5 Å². The van der Waals surface area contributed by atoms with Gasteiger partial charge in [-0.05, 0) is 204 Å². The van der Waals surface area contributed by atoms with E-state index in [1.54, 1.807) is 23.1 Å². The van der Waals surface area contributed by atoms with E-state index in [1.165, 1.54) is 45.0 Å². The predicted octanol–water partition coefficient (Wildman–Crippen LogP) is 13.9. The fourth-order valence-electron chi connectivity index (χ4n) is 10.9. The molecule has 0 atom stereocenters. The zero-order valence-corrected chi connectivity index (χ0v) is 60.8. The number of ether oxygens (including phenoxy) is 1. The van der Waals surface area contributed by atoms with Gasteiger partial charge in [0.05, 0.1) is 10.0 Å². The average molecular weight is 1390 g/mol. The first-order valence-corrected chi connectivity index (χ1v) is 30.0. The van der Waals surface area contributed by atoms with E-state index in [1.807, 2.05) is 49.5 Å². The molecular formula is C72H62Br2Cl2FK2N3O6. The van der Waals surface area contributed by atoms with Gasteiger partial charge < -0.3 is 36.1 Å². The van der Waals surface area contributed by atoms with E-state index < -0.39 is 5.82 Å². The number of para-hydroxylation sites is 4. The first-order valence-electron chi connectivity index (χ1n) is 27.7. The van der Waals surface area contributed by atoms with E-state index in [0.717, 1.165) is 69.3 Å². The van der Waals surface area contributed by atoms with Crippen LogP contribution in [0.1, 0.15) is 64.2 Å². The number of hydrogen-bond donors (Lipinski definition) is 1. The van der Waals surface area contributed by atoms with Gasteiger partial charge in [-0.1, -0.05) is 160 Å². The maximum Gasteiger partial charge on any atom is 1.00 e. The molecule has 1 fully saturated rings. The van der Waals surface area contributed by atoms with Crippen LogP contribution in [0.5, 0.6) is 17.2 Å². The number of benzene rings is 10. The van der Waals surface area contributed by atoms with Crippen molar-refractivity contribution in [2.45, 2.75) is 51.4 Å². The number of carbonyl (C=O) groups is 2. The van der Waals surface area contributed by atoms with Gasteiger partial charge in [0.25, 0.3) is 6.47 Å². The van der Waals surface area contributed by atoms with E-state index in [4.69, 9.17) is 38.0 Å². The molecule has 16 heteroatoms. The zero-order valence-electron chi connectivity index (χ0n) is 50.9. The Morgan fingerprint density at radius 3 is 1.35 bits per heavy atom. The number of hydrogen-bond acceptors (Lipinski definition) is 8. The Kier molecular flexibility index (Phi) is 25.9. The molecule has 0 radical (unpaired) electrons. The number of halogens is 5. The van der Waals surface area contributed by atoms with Gasteiger partial charge in [-0.3, -0.25) is 9.59 Å². The van der Waals surface area contributed by atoms with Gasteiger partial charge in [-0.15, -0.1) is 0 Å². The quantitative estimate of drug-likeness (QED) is 0.0501. The number of rotatable bonds is 9. The largest absolute Gasteiger partial charge is 1.00 e. The van der Waals surface area contributed by atoms with Gasteiger partial charge in [0.1, 0.15) is 23.1 Å². The molecule has 3 aliphatic rings. The zero-order chi connectivity index (χ0) is 61.1. The van der Waals surface area contributed by atoms with E-state index >= 15 is 0 Å². The molecule has 13 rings (SSSR count). The van der Waals surface area contributed by atoms with Crippen molar-refractivity contribution in [1.82, 2.24) is 4.90 Å². The first kappa shape index (κ1) is 70.5. The number of aromatic hydroxyl groups is 1. The Hall–Kier alpha value is -4.96. The normalized spacial score (nSPS) is 12.9. The van der Waals surface area contributed by atoms with Crippen LogP contribution in [-0.4, -0.2) is 36.0 Å². The number of anilines is 6. The van der Waals surface area contributed by atoms with E-state index in [0.29, 0.717) is 26.9 Å². The summed E-state index contributed by atoms with van der Waals surface area (Å²) in [7, 11) is 1.84. The molecule has 0 unspecified atom stereocenters. The predicted molar refractivity (Wildman–Crippen MR) is 353 cm³/mol. The molecule has 1 aliphatic heterocycles. The number of fused-ring (bicyclic) bond motifs is 6. The van der Waals surface area contributed by atoms with Crippen LogP contribution in [0.2, 0.25) is 10.0 Å². The maximum atomic E-state index is 12.4. The molecule has 10 aromatic rings. The second-order valence-corrected chi connectivity index (χ2v) is 23.9. The van der Waals surface area contributed by atoms with Crippen LogP contribution in [-0.2, 0) is 25.3 Å². The average Bonchev–Trinajstić information content (AvgIpc) is 2.32. The topological polar surface area (TPSA) is 106 Å². The monoisotopic (exact) mass is 1390 g/mol. The summed E-state index contributed by atoms with van der Waals surface area (Å²) < 4.78 is 20.0. The third-order valence-corrected chi connectivity index (χ3v) is 17.8. The van der Waals surface area contributed by atoms with Crippen molar-refractivity contribution in [1.29, 1.82) is 0 Å². The third-order valence-electron chi connectivity index (χ3n) is 15.2. The molecule has 88 heavy (non-hydrogen) atoms. The molecule has 1 saturated heterocycles. The van der Waals surface area contributed by atoms with Crippen LogP contribution in [0.4, 0.5) is 38.5 Å². The van der Waals surface area contributed by atoms with Crippen LogP contribution in [0.3, 0.4) is 0 Å². The molecule has 438 valence electrons. The SMILES string of the molecule is CC1(C)c2ccc(O)cc2-c2ccc(N(c3ccccc3)c3ccccc3)cc21.CC1(C)c2ccc(Oc3cccc(Br)c3Cl)cc2-c2ccc(N(c3ccccc3)c3ccccc3)cc21.CN1CCCC1=O.Fc1cccc(Br)c1Cl.O=CO[O-].[H-].[K+].[K+]. The second-order valence-electron chi connectivity index (χ2n) is 21.5. The second kappa shape index (κ2) is 32.4. The van der Waals surface area contributed by atoms with E-state index in [2.05, 4.69) is 238 Å². The fraction of sp³-hybridized carbons (Fsp3) is 0.139. The van der Waals surface area contributed by atoms with Gasteiger partial charge in [0.15, 0.2) is 0 Å². The molecular weight excluding hydrogens is 1330 g/mol. The molecule has 0 bridgehead atoms. The van der Waals surface area contributed by atoms with Crippen molar-refractivity contribution < 1.29 is 138 Å². The number of likely N-dealkylation sites (tertiary alicyclic amines) is 1. The summed E-state index contributed by atoms with van der Waals surface area (Å²) in [5, 5.41) is 19.2. The van der Waals surface area contributed by atoms with Crippen molar-refractivity contribution in [2.24, 2.45) is 0 Å². The van der Waals surface area contributed by atoms with Crippen molar-refractivity contribution in [2.75, 3.05) is 23.4 Å². The summed E-state index contributed by atoms with van der Waals surface area (Å²) in [6.07, 6.45) is 1.81. The third kappa shape index (κ3) is 16.4. The van der Waals surface area contributed by atoms with Crippen LogP contribution in [0.15, 0.2) is 239 Å². The Morgan fingerprint density at radius 1 is 0.545 bits per heavy atom. The van der Waals surface area contributed by atoms with E-state index in [9.17, 15) is 14.3 Å². The number of carbonyl (C=O) groups excluding carboxylic acids is 2. The Balaban J connectivity index is 0.000000214. The molecule has 1 heterocycles. The number of phenols is 1. The Bertz CT molecular complexity index is 3910. The molecule has 10 aromatic carbocycles. The van der Waals surface area contributed by atoms with Gasteiger partial charge >= 0.3 is 103 Å². The van der Waals surface area contributed by atoms with Gasteiger partial charge in [0, 0.05) is 73.9 Å². The summed E-state index contributed by atoms with van der Waals surface area (Å²) in [4.78, 5) is 28.1. The van der Waals surface area contributed by atoms with Crippen LogP contribution >= 0.6 is 55.1 Å². The molecule has 0 spiro atoms. The number of nitrogens with zero attached hydrogens (tertiary/aromatic N) is 3. The van der Waals surface area contributed by atoms with Crippen molar-refractivity contribution >= 4 is 102 Å². The standard InChI is InChI=1S/C33H25BrClNO.C27H23NO.C6H3BrClF.C5H9NO.CH2O3.2K.H/c1-33(2)28-19-17-25(37-31-15-9-14-30(34)32(31)35)21-27(28)26-18-16-24(20-29(26)33)36(22-10-5-3-6-11-22)23-12-7-4-8-13-23;1-27(2)25-16-14-22(29)18-24(25)23-15-13-21(17-26(23)27)28(19-9-5-3-6-10-19)20-11-7-4-8-12-20;7-4-2-1-3-5(9)6(4)8;1-6-4-2-3-5(6)7;2-1-4-3;;;/h3-21H,1-2H3;3-18,29H,1-2H3;1-3H;2-4H2,1H3;1,3H;;;/q;;;;;2*+1;-1/p-1. The molecule has 1 N–H and O–H groups in total. The molecule has 2 aliphatic carbocycles. The Labute approximate surface area is 628 Å². The minimum atomic E-state index is -0.397.